The standard InChI is InChI=1S/C20H23BrClN7O5S/c1-3-23-19(32)15-12(6-10(21)7-24-15)35-20-18(33-2)16(17(31)11(9-30)34-20)29-8-14(25-27-29)28-5-4-13(22)26-28/h4-8,11,16-18,20,30-31H,3,9H2,1-2H3,(H,23,32)/t11?,16-,17-,18?,20+/m0/s1. The van der Waals surface area contributed by atoms with Gasteiger partial charge in [-0.1, -0.05) is 28.6 Å². The van der Waals surface area contributed by atoms with Crippen LogP contribution < -0.4 is 5.32 Å². The Kier molecular flexibility index (Phi) is 8.42. The number of hydrogen-bond acceptors (Lipinski definition) is 10. The van der Waals surface area contributed by atoms with Crippen LogP contribution in [0.4, 0.5) is 0 Å². The van der Waals surface area contributed by atoms with Gasteiger partial charge in [0.1, 0.15) is 35.5 Å². The van der Waals surface area contributed by atoms with Crippen LogP contribution in [0.15, 0.2) is 40.1 Å². The van der Waals surface area contributed by atoms with E-state index in [1.54, 1.807) is 24.5 Å². The molecule has 5 atom stereocenters. The summed E-state index contributed by atoms with van der Waals surface area (Å²) < 4.78 is 15.3. The third kappa shape index (κ3) is 5.53. The maximum atomic E-state index is 12.6. The molecule has 0 aliphatic carbocycles. The lowest BCUT2D eigenvalue weighted by Crippen LogP contribution is -2.55. The van der Waals surface area contributed by atoms with E-state index in [1.165, 1.54) is 34.4 Å². The minimum Gasteiger partial charge on any atom is -0.394 e. The summed E-state index contributed by atoms with van der Waals surface area (Å²) in [5, 5.41) is 36.4. The molecule has 35 heavy (non-hydrogen) atoms. The van der Waals surface area contributed by atoms with E-state index in [0.29, 0.717) is 26.9 Å². The topological polar surface area (TPSA) is 149 Å². The monoisotopic (exact) mass is 587 g/mol. The van der Waals surface area contributed by atoms with Crippen LogP contribution in [-0.4, -0.2) is 89.9 Å². The van der Waals surface area contributed by atoms with Crippen LogP contribution in [0.2, 0.25) is 5.15 Å². The van der Waals surface area contributed by atoms with Crippen LogP contribution in [-0.2, 0) is 9.47 Å². The fourth-order valence-corrected chi connectivity index (χ4v) is 5.63. The van der Waals surface area contributed by atoms with Gasteiger partial charge in [0.05, 0.1) is 12.8 Å². The van der Waals surface area contributed by atoms with Gasteiger partial charge in [0.15, 0.2) is 11.0 Å². The number of halogens is 2. The van der Waals surface area contributed by atoms with Crippen molar-refractivity contribution in [3.63, 3.8) is 0 Å². The molecule has 1 amide bonds. The summed E-state index contributed by atoms with van der Waals surface area (Å²) in [4.78, 5) is 17.4. The van der Waals surface area contributed by atoms with Crippen LogP contribution >= 0.6 is 39.3 Å². The van der Waals surface area contributed by atoms with Gasteiger partial charge in [0, 0.05) is 35.4 Å². The number of ether oxygens (including phenoxy) is 2. The number of carbonyl (C=O) groups is 1. The lowest BCUT2D eigenvalue weighted by Gasteiger charge is -2.43. The zero-order chi connectivity index (χ0) is 25.1. The highest BCUT2D eigenvalue weighted by Gasteiger charge is 2.47. The predicted octanol–water partition coefficient (Wildman–Crippen LogP) is 1.45. The molecule has 12 nitrogen and oxygen atoms in total. The van der Waals surface area contributed by atoms with Gasteiger partial charge in [0.2, 0.25) is 0 Å². The van der Waals surface area contributed by atoms with Crippen molar-refractivity contribution >= 4 is 45.2 Å². The van der Waals surface area contributed by atoms with E-state index in [2.05, 4.69) is 41.6 Å². The molecule has 1 aliphatic rings. The summed E-state index contributed by atoms with van der Waals surface area (Å²) in [6.07, 6.45) is 1.90. The third-order valence-corrected chi connectivity index (χ3v) is 7.12. The first-order valence-electron chi connectivity index (χ1n) is 10.6. The molecule has 3 aromatic heterocycles. The Hall–Kier alpha value is -2.07. The van der Waals surface area contributed by atoms with E-state index >= 15 is 0 Å². The van der Waals surface area contributed by atoms with Gasteiger partial charge in [0.25, 0.3) is 5.91 Å². The van der Waals surface area contributed by atoms with E-state index < -0.39 is 36.4 Å². The average Bonchev–Trinajstić information content (AvgIpc) is 3.49. The highest BCUT2D eigenvalue weighted by atomic mass is 79.9. The first-order valence-corrected chi connectivity index (χ1v) is 12.6. The molecule has 0 bridgehead atoms. The van der Waals surface area contributed by atoms with Gasteiger partial charge in [-0.2, -0.15) is 5.10 Å². The molecule has 1 fully saturated rings. The van der Waals surface area contributed by atoms with Crippen molar-refractivity contribution in [1.29, 1.82) is 0 Å². The zero-order valence-electron chi connectivity index (χ0n) is 18.7. The first-order chi connectivity index (χ1) is 16.9. The third-order valence-electron chi connectivity index (χ3n) is 5.31. The number of rotatable bonds is 8. The van der Waals surface area contributed by atoms with Crippen molar-refractivity contribution < 1.29 is 24.5 Å². The Morgan fingerprint density at radius 1 is 1.46 bits per heavy atom. The van der Waals surface area contributed by atoms with Crippen LogP contribution in [0.1, 0.15) is 23.5 Å². The second-order valence-electron chi connectivity index (χ2n) is 7.52. The largest absolute Gasteiger partial charge is 0.394 e. The summed E-state index contributed by atoms with van der Waals surface area (Å²) in [6, 6.07) is 2.58. The molecule has 4 rings (SSSR count). The smallest absolute Gasteiger partial charge is 0.271 e. The number of aliphatic hydroxyl groups is 2. The number of nitrogens with one attached hydrogen (secondary N) is 1. The number of carbonyl (C=O) groups excluding carboxylic acids is 1. The Balaban J connectivity index is 1.67. The van der Waals surface area contributed by atoms with Crippen molar-refractivity contribution in [3.8, 4) is 5.82 Å². The molecule has 1 saturated heterocycles. The van der Waals surface area contributed by atoms with Crippen molar-refractivity contribution in [1.82, 2.24) is 35.1 Å². The van der Waals surface area contributed by atoms with E-state index in [9.17, 15) is 15.0 Å². The van der Waals surface area contributed by atoms with Gasteiger partial charge < -0.3 is 25.0 Å². The SMILES string of the molecule is CCNC(=O)c1ncc(Br)cc1S[C@H]1OC(CO)[C@H](O)[C@H](n2cc(-n3ccc(Cl)n3)nn2)C1OC. The van der Waals surface area contributed by atoms with Crippen LogP contribution in [0.25, 0.3) is 5.82 Å². The van der Waals surface area contributed by atoms with Crippen molar-refractivity contribution in [2.24, 2.45) is 0 Å². The molecular formula is C20H23BrClN7O5S. The van der Waals surface area contributed by atoms with Crippen LogP contribution in [0, 0.1) is 0 Å². The molecule has 4 heterocycles. The molecule has 1 aliphatic heterocycles. The van der Waals surface area contributed by atoms with Gasteiger partial charge in [-0.3, -0.25) is 4.79 Å². The molecule has 0 aromatic carbocycles. The van der Waals surface area contributed by atoms with Crippen molar-refractivity contribution in [2.45, 2.75) is 41.6 Å². The lowest BCUT2D eigenvalue weighted by atomic mass is 9.97. The predicted molar refractivity (Wildman–Crippen MR) is 130 cm³/mol. The number of thioether (sulfide) groups is 1. The van der Waals surface area contributed by atoms with E-state index in [4.69, 9.17) is 21.1 Å². The number of pyridine rings is 1. The zero-order valence-corrected chi connectivity index (χ0v) is 21.8. The lowest BCUT2D eigenvalue weighted by molar-refractivity contribution is -0.186. The number of amides is 1. The van der Waals surface area contributed by atoms with E-state index in [-0.39, 0.29) is 11.6 Å². The summed E-state index contributed by atoms with van der Waals surface area (Å²) >= 11 is 10.5. The molecule has 3 N–H and O–H groups in total. The Morgan fingerprint density at radius 3 is 2.91 bits per heavy atom. The number of aromatic nitrogens is 6. The second kappa shape index (κ2) is 11.3. The van der Waals surface area contributed by atoms with Crippen molar-refractivity contribution in [3.05, 3.63) is 46.0 Å². The minimum absolute atomic E-state index is 0.223. The summed E-state index contributed by atoms with van der Waals surface area (Å²) in [7, 11) is 1.48. The van der Waals surface area contributed by atoms with Crippen LogP contribution in [0.5, 0.6) is 0 Å². The maximum Gasteiger partial charge on any atom is 0.271 e. The Morgan fingerprint density at radius 2 is 2.26 bits per heavy atom. The quantitative estimate of drug-likeness (QED) is 0.353. The van der Waals surface area contributed by atoms with Gasteiger partial charge in [-0.25, -0.2) is 14.3 Å². The van der Waals surface area contributed by atoms with Gasteiger partial charge in [-0.15, -0.1) is 5.10 Å². The molecule has 2 unspecified atom stereocenters. The van der Waals surface area contributed by atoms with Gasteiger partial charge in [-0.05, 0) is 35.0 Å². The summed E-state index contributed by atoms with van der Waals surface area (Å²) in [5.41, 5.74) is -0.512. The van der Waals surface area contributed by atoms with E-state index in [1.807, 2.05) is 6.92 Å². The minimum atomic E-state index is -1.17. The summed E-state index contributed by atoms with van der Waals surface area (Å²) in [6.45, 7) is 1.82. The number of nitrogens with zero attached hydrogens (tertiary/aromatic N) is 6. The molecule has 188 valence electrons. The molecule has 0 saturated carbocycles. The van der Waals surface area contributed by atoms with Crippen LogP contribution in [0.3, 0.4) is 0 Å². The number of aliphatic hydroxyl groups excluding tert-OH is 2. The molecule has 0 radical (unpaired) electrons. The van der Waals surface area contributed by atoms with E-state index in [0.717, 1.165) is 0 Å². The average molecular weight is 589 g/mol. The fraction of sp³-hybridized carbons (Fsp3) is 0.450. The highest BCUT2D eigenvalue weighted by molar-refractivity contribution is 9.10. The molecule has 0 spiro atoms. The summed E-state index contributed by atoms with van der Waals surface area (Å²) in [5.74, 6) is 0.0475. The maximum absolute atomic E-state index is 12.6. The van der Waals surface area contributed by atoms with Gasteiger partial charge >= 0.3 is 0 Å². The Bertz CT molecular complexity index is 1180. The van der Waals surface area contributed by atoms with Crippen molar-refractivity contribution in [2.75, 3.05) is 20.3 Å². The first kappa shape index (κ1) is 26.0. The highest BCUT2D eigenvalue weighted by Crippen LogP contribution is 2.40. The molecule has 3 aromatic rings. The Labute approximate surface area is 218 Å². The number of methoxy groups -OCH3 is 1. The molecular weight excluding hydrogens is 566 g/mol. The fourth-order valence-electron chi connectivity index (χ4n) is 3.71. The normalized spacial score (nSPS) is 24.5. The molecule has 15 heteroatoms. The number of hydrogen-bond donors (Lipinski definition) is 3. The second-order valence-corrected chi connectivity index (χ2v) is 9.97.